The van der Waals surface area contributed by atoms with Crippen molar-refractivity contribution in [3.8, 4) is 5.75 Å². The molecule has 1 aliphatic rings. The molecule has 5 heteroatoms. The van der Waals surface area contributed by atoms with E-state index in [9.17, 15) is 4.79 Å². The van der Waals surface area contributed by atoms with Crippen molar-refractivity contribution in [2.75, 3.05) is 7.05 Å². The number of amides is 1. The number of rotatable bonds is 6. The molecule has 0 aliphatic heterocycles. The van der Waals surface area contributed by atoms with Crippen LogP contribution in [0, 0.1) is 6.92 Å². The minimum Gasteiger partial charge on any atom is -0.487 e. The molecule has 4 rings (SSSR count). The highest BCUT2D eigenvalue weighted by atomic mass is 16.5. The molecule has 1 N–H and O–H groups in total. The molecular weight excluding hydrogens is 362 g/mol. The summed E-state index contributed by atoms with van der Waals surface area (Å²) in [5.74, 6) is 0.624. The van der Waals surface area contributed by atoms with E-state index < -0.39 is 0 Å². The van der Waals surface area contributed by atoms with Gasteiger partial charge in [-0.15, -0.1) is 0 Å². The number of aryl methyl sites for hydroxylation is 1. The Kier molecular flexibility index (Phi) is 5.30. The van der Waals surface area contributed by atoms with Crippen molar-refractivity contribution in [3.63, 3.8) is 0 Å². The van der Waals surface area contributed by atoms with Crippen LogP contribution < -0.4 is 10.1 Å². The van der Waals surface area contributed by atoms with Gasteiger partial charge in [-0.1, -0.05) is 48.4 Å². The lowest BCUT2D eigenvalue weighted by molar-refractivity contribution is 0.0952. The first-order valence-corrected chi connectivity index (χ1v) is 9.95. The second-order valence-electron chi connectivity index (χ2n) is 7.57. The molecule has 0 unspecified atom stereocenters. The molecule has 1 aromatic heterocycles. The predicted octanol–water partition coefficient (Wildman–Crippen LogP) is 4.19. The van der Waals surface area contributed by atoms with Crippen LogP contribution in [0.15, 0.2) is 60.8 Å². The van der Waals surface area contributed by atoms with Gasteiger partial charge in [-0.2, -0.15) is 0 Å². The Hall–Kier alpha value is -3.21. The minimum absolute atomic E-state index is 0.126. The van der Waals surface area contributed by atoms with Gasteiger partial charge in [0.05, 0.1) is 5.69 Å². The molecule has 2 aromatic carbocycles. The summed E-state index contributed by atoms with van der Waals surface area (Å²) in [6.45, 7) is 2.41. The summed E-state index contributed by atoms with van der Waals surface area (Å²) in [7, 11) is 1.56. The highest BCUT2D eigenvalue weighted by molar-refractivity contribution is 5.90. The van der Waals surface area contributed by atoms with Crippen molar-refractivity contribution in [1.82, 2.24) is 15.3 Å². The average molecular weight is 387 g/mol. The first-order chi connectivity index (χ1) is 14.1. The predicted molar refractivity (Wildman–Crippen MR) is 112 cm³/mol. The normalized spacial score (nSPS) is 14.7. The maximum absolute atomic E-state index is 11.7. The summed E-state index contributed by atoms with van der Waals surface area (Å²) in [6, 6.07) is 19.0. The number of hydrogen-bond donors (Lipinski definition) is 1. The van der Waals surface area contributed by atoms with Gasteiger partial charge in [0.25, 0.3) is 5.91 Å². The third kappa shape index (κ3) is 3.86. The van der Waals surface area contributed by atoms with Crippen LogP contribution in [0.2, 0.25) is 0 Å². The highest BCUT2D eigenvalue weighted by Gasteiger charge is 2.40. The van der Waals surface area contributed by atoms with Gasteiger partial charge in [0.15, 0.2) is 0 Å². The van der Waals surface area contributed by atoms with Gasteiger partial charge in [-0.05, 0) is 49.1 Å². The fraction of sp³-hybridized carbons (Fsp3) is 0.292. The Bertz CT molecular complexity index is 993. The average Bonchev–Trinajstić information content (AvgIpc) is 2.73. The van der Waals surface area contributed by atoms with E-state index in [1.807, 2.05) is 12.1 Å². The maximum atomic E-state index is 11.7. The van der Waals surface area contributed by atoms with Gasteiger partial charge in [0.1, 0.15) is 12.4 Å². The second kappa shape index (κ2) is 8.03. The minimum atomic E-state index is -0.307. The van der Waals surface area contributed by atoms with Crippen LogP contribution in [0.1, 0.15) is 52.3 Å². The van der Waals surface area contributed by atoms with E-state index in [1.54, 1.807) is 19.3 Å². The number of ether oxygens (including phenoxy) is 1. The lowest BCUT2D eigenvalue weighted by Crippen LogP contribution is -2.35. The molecule has 0 bridgehead atoms. The number of benzene rings is 2. The Labute approximate surface area is 171 Å². The van der Waals surface area contributed by atoms with Crippen LogP contribution in [-0.2, 0) is 12.0 Å². The third-order valence-electron chi connectivity index (χ3n) is 5.75. The fourth-order valence-electron chi connectivity index (χ4n) is 3.87. The number of carbonyl (C=O) groups is 1. The van der Waals surface area contributed by atoms with Gasteiger partial charge < -0.3 is 10.1 Å². The molecule has 1 fully saturated rings. The summed E-state index contributed by atoms with van der Waals surface area (Å²) in [5, 5.41) is 2.53. The van der Waals surface area contributed by atoms with E-state index >= 15 is 0 Å². The van der Waals surface area contributed by atoms with E-state index in [0.29, 0.717) is 5.69 Å². The lowest BCUT2D eigenvalue weighted by Gasteiger charge is -2.43. The van der Waals surface area contributed by atoms with Gasteiger partial charge in [0, 0.05) is 18.7 Å². The molecule has 1 aliphatic carbocycles. The Morgan fingerprint density at radius 1 is 1.03 bits per heavy atom. The third-order valence-corrected chi connectivity index (χ3v) is 5.75. The van der Waals surface area contributed by atoms with Crippen LogP contribution in [0.3, 0.4) is 0 Å². The van der Waals surface area contributed by atoms with Crippen LogP contribution in [-0.4, -0.2) is 22.9 Å². The zero-order valence-corrected chi connectivity index (χ0v) is 16.8. The van der Waals surface area contributed by atoms with Gasteiger partial charge >= 0.3 is 0 Å². The summed E-state index contributed by atoms with van der Waals surface area (Å²) in [6.07, 6.45) is 5.19. The second-order valence-corrected chi connectivity index (χ2v) is 7.57. The van der Waals surface area contributed by atoms with Crippen LogP contribution >= 0.6 is 0 Å². The molecule has 148 valence electrons. The molecule has 5 nitrogen and oxygen atoms in total. The van der Waals surface area contributed by atoms with Crippen LogP contribution in [0.25, 0.3) is 0 Å². The van der Waals surface area contributed by atoms with Crippen molar-refractivity contribution < 1.29 is 9.53 Å². The Morgan fingerprint density at radius 2 is 1.69 bits per heavy atom. The maximum Gasteiger partial charge on any atom is 0.288 e. The molecule has 0 saturated heterocycles. The lowest BCUT2D eigenvalue weighted by atomic mass is 9.60. The number of nitrogens with zero attached hydrogens (tertiary/aromatic N) is 2. The van der Waals surface area contributed by atoms with Gasteiger partial charge in [-0.3, -0.25) is 4.79 Å². The summed E-state index contributed by atoms with van der Waals surface area (Å²) >= 11 is 0. The van der Waals surface area contributed by atoms with Crippen molar-refractivity contribution in [3.05, 3.63) is 89.0 Å². The van der Waals surface area contributed by atoms with Crippen LogP contribution in [0.4, 0.5) is 0 Å². The molecule has 1 saturated carbocycles. The van der Waals surface area contributed by atoms with Crippen molar-refractivity contribution in [2.45, 2.75) is 38.2 Å². The number of aromatic nitrogens is 2. The molecule has 0 spiro atoms. The van der Waals surface area contributed by atoms with E-state index in [-0.39, 0.29) is 23.8 Å². The molecule has 0 radical (unpaired) electrons. The van der Waals surface area contributed by atoms with E-state index in [0.717, 1.165) is 5.75 Å². The monoisotopic (exact) mass is 387 g/mol. The van der Waals surface area contributed by atoms with E-state index in [1.165, 1.54) is 36.0 Å². The summed E-state index contributed by atoms with van der Waals surface area (Å²) in [4.78, 5) is 19.9. The van der Waals surface area contributed by atoms with E-state index in [2.05, 4.69) is 58.6 Å². The molecule has 3 aromatic rings. The zero-order valence-electron chi connectivity index (χ0n) is 16.8. The zero-order chi connectivity index (χ0) is 20.3. The van der Waals surface area contributed by atoms with Crippen molar-refractivity contribution in [1.29, 1.82) is 0 Å². The van der Waals surface area contributed by atoms with Crippen LogP contribution in [0.5, 0.6) is 5.75 Å². The molecular formula is C24H25N3O2. The first-order valence-electron chi connectivity index (χ1n) is 9.95. The standard InChI is InChI=1S/C24H25N3O2/c1-17-4-6-18(7-5-17)24(13-3-14-24)19-8-10-21(11-9-19)29-16-20-12-15-26-22(27-20)23(28)25-2/h4-12,15H,3,13-14,16H2,1-2H3,(H,25,28). The van der Waals surface area contributed by atoms with Gasteiger partial charge in [-0.25, -0.2) is 9.97 Å². The number of nitrogens with one attached hydrogen (secondary N) is 1. The smallest absolute Gasteiger partial charge is 0.288 e. The van der Waals surface area contributed by atoms with Crippen molar-refractivity contribution in [2.24, 2.45) is 0 Å². The Morgan fingerprint density at radius 3 is 2.28 bits per heavy atom. The number of hydrogen-bond acceptors (Lipinski definition) is 4. The molecule has 29 heavy (non-hydrogen) atoms. The first kappa shape index (κ1) is 19.1. The summed E-state index contributed by atoms with van der Waals surface area (Å²) in [5.41, 5.74) is 4.81. The van der Waals surface area contributed by atoms with E-state index in [4.69, 9.17) is 4.74 Å². The quantitative estimate of drug-likeness (QED) is 0.689. The topological polar surface area (TPSA) is 64.1 Å². The fourth-order valence-corrected chi connectivity index (χ4v) is 3.87. The Balaban J connectivity index is 1.47. The van der Waals surface area contributed by atoms with Gasteiger partial charge in [0.2, 0.25) is 5.82 Å². The van der Waals surface area contributed by atoms with Crippen molar-refractivity contribution >= 4 is 5.91 Å². The largest absolute Gasteiger partial charge is 0.487 e. The SMILES string of the molecule is CNC(=O)c1nccc(COc2ccc(C3(c4ccc(C)cc4)CCC3)cc2)n1. The molecule has 0 atom stereocenters. The number of carbonyl (C=O) groups excluding carboxylic acids is 1. The molecule has 1 heterocycles. The highest BCUT2D eigenvalue weighted by Crippen LogP contribution is 2.49. The molecule has 1 amide bonds. The summed E-state index contributed by atoms with van der Waals surface area (Å²) < 4.78 is 5.88.